The molecule has 0 aromatic carbocycles. The molecule has 6 heteroatoms. The van der Waals surface area contributed by atoms with Crippen molar-refractivity contribution in [2.24, 2.45) is 5.92 Å². The molecule has 0 radical (unpaired) electrons. The Balaban J connectivity index is 1.53. The average Bonchev–Trinajstić information content (AvgIpc) is 2.90. The second-order valence-corrected chi connectivity index (χ2v) is 5.29. The fourth-order valence-electron chi connectivity index (χ4n) is 2.50. The number of anilines is 1. The summed E-state index contributed by atoms with van der Waals surface area (Å²) < 4.78 is 1.87. The van der Waals surface area contributed by atoms with E-state index >= 15 is 0 Å². The van der Waals surface area contributed by atoms with E-state index in [2.05, 4.69) is 32.3 Å². The van der Waals surface area contributed by atoms with Crippen LogP contribution in [0, 0.1) is 5.92 Å². The molecule has 1 aliphatic heterocycles. The molecule has 6 nitrogen and oxygen atoms in total. The van der Waals surface area contributed by atoms with Crippen molar-refractivity contribution < 1.29 is 0 Å². The summed E-state index contributed by atoms with van der Waals surface area (Å²) >= 11 is 0. The van der Waals surface area contributed by atoms with Gasteiger partial charge in [0.1, 0.15) is 6.33 Å². The second kappa shape index (κ2) is 5.52. The number of fused-ring (bicyclic) bond motifs is 1. The van der Waals surface area contributed by atoms with Crippen molar-refractivity contribution in [3.63, 3.8) is 0 Å². The van der Waals surface area contributed by atoms with Crippen LogP contribution in [0.4, 0.5) is 5.82 Å². The van der Waals surface area contributed by atoms with E-state index < -0.39 is 0 Å². The Hall–Kier alpha value is -1.69. The van der Waals surface area contributed by atoms with E-state index in [1.54, 1.807) is 12.5 Å². The number of nitrogens with zero attached hydrogens (tertiary/aromatic N) is 5. The van der Waals surface area contributed by atoms with Gasteiger partial charge in [-0.1, -0.05) is 6.92 Å². The largest absolute Gasteiger partial charge is 0.366 e. The van der Waals surface area contributed by atoms with Crippen LogP contribution in [0.3, 0.4) is 0 Å². The topological polar surface area (TPSA) is 58.4 Å². The van der Waals surface area contributed by atoms with Crippen LogP contribution in [0.2, 0.25) is 0 Å². The number of nitrogens with one attached hydrogen (secondary N) is 1. The minimum absolute atomic E-state index is 0.787. The smallest absolute Gasteiger partial charge is 0.203 e. The number of aromatic nitrogens is 4. The quantitative estimate of drug-likeness (QED) is 0.897. The molecule has 0 spiro atoms. The van der Waals surface area contributed by atoms with E-state index in [9.17, 15) is 0 Å². The van der Waals surface area contributed by atoms with Crippen LogP contribution in [0.5, 0.6) is 0 Å². The first kappa shape index (κ1) is 12.3. The van der Waals surface area contributed by atoms with Gasteiger partial charge in [0.05, 0.1) is 0 Å². The maximum absolute atomic E-state index is 4.32. The third kappa shape index (κ3) is 2.84. The molecule has 3 heterocycles. The van der Waals surface area contributed by atoms with Gasteiger partial charge in [0, 0.05) is 25.5 Å². The first-order valence-corrected chi connectivity index (χ1v) is 6.93. The molecule has 0 bridgehead atoms. The normalized spacial score (nSPS) is 17.9. The van der Waals surface area contributed by atoms with Crippen molar-refractivity contribution in [3.8, 4) is 0 Å². The molecular weight excluding hydrogens is 240 g/mol. The number of hydrogen-bond donors (Lipinski definition) is 1. The van der Waals surface area contributed by atoms with E-state index in [1.807, 2.05) is 10.6 Å². The second-order valence-electron chi connectivity index (χ2n) is 5.29. The predicted octanol–water partition coefficient (Wildman–Crippen LogP) is 1.27. The van der Waals surface area contributed by atoms with Gasteiger partial charge < -0.3 is 10.2 Å². The van der Waals surface area contributed by atoms with Gasteiger partial charge in [-0.05, 0) is 31.8 Å². The molecule has 1 aliphatic rings. The summed E-state index contributed by atoms with van der Waals surface area (Å²) in [5, 5.41) is 11.3. The minimum atomic E-state index is 0.787. The first-order valence-electron chi connectivity index (χ1n) is 6.93. The number of hydrogen-bond acceptors (Lipinski definition) is 5. The van der Waals surface area contributed by atoms with Gasteiger partial charge in [0.2, 0.25) is 5.65 Å². The fourth-order valence-corrected chi connectivity index (χ4v) is 2.50. The molecule has 0 aliphatic carbocycles. The van der Waals surface area contributed by atoms with Crippen molar-refractivity contribution in [1.82, 2.24) is 24.5 Å². The lowest BCUT2D eigenvalue weighted by Crippen LogP contribution is -2.36. The van der Waals surface area contributed by atoms with Crippen LogP contribution in [-0.2, 0) is 0 Å². The van der Waals surface area contributed by atoms with Crippen LogP contribution < -0.4 is 5.32 Å². The molecule has 19 heavy (non-hydrogen) atoms. The van der Waals surface area contributed by atoms with Crippen molar-refractivity contribution in [3.05, 3.63) is 18.7 Å². The fraction of sp³-hybridized carbons (Fsp3) is 0.615. The Morgan fingerprint density at radius 2 is 2.21 bits per heavy atom. The van der Waals surface area contributed by atoms with Gasteiger partial charge in [-0.3, -0.25) is 4.40 Å². The lowest BCUT2D eigenvalue weighted by atomic mass is 9.99. The van der Waals surface area contributed by atoms with E-state index in [0.29, 0.717) is 0 Å². The molecule has 1 N–H and O–H groups in total. The van der Waals surface area contributed by atoms with Crippen LogP contribution in [0.15, 0.2) is 18.7 Å². The predicted molar refractivity (Wildman–Crippen MR) is 74.1 cm³/mol. The summed E-state index contributed by atoms with van der Waals surface area (Å²) in [5.41, 5.74) is 0.787. The van der Waals surface area contributed by atoms with Crippen molar-refractivity contribution in [2.75, 3.05) is 31.5 Å². The standard InChI is InChI=1S/C13H20N6/c1-11-2-6-18(7-3-11)8-4-14-12-13-17-16-10-19(13)9-5-15-12/h5,9-11H,2-4,6-8H2,1H3,(H,14,15). The molecule has 2 aromatic heterocycles. The molecular formula is C13H20N6. The Morgan fingerprint density at radius 1 is 1.37 bits per heavy atom. The highest BCUT2D eigenvalue weighted by Gasteiger charge is 2.15. The highest BCUT2D eigenvalue weighted by atomic mass is 15.2. The molecule has 3 rings (SSSR count). The van der Waals surface area contributed by atoms with Crippen LogP contribution in [0.25, 0.3) is 5.65 Å². The van der Waals surface area contributed by atoms with Crippen molar-refractivity contribution >= 4 is 11.5 Å². The number of rotatable bonds is 4. The Morgan fingerprint density at radius 3 is 3.05 bits per heavy atom. The summed E-state index contributed by atoms with van der Waals surface area (Å²) in [7, 11) is 0. The van der Waals surface area contributed by atoms with Crippen LogP contribution in [0.1, 0.15) is 19.8 Å². The van der Waals surface area contributed by atoms with E-state index in [4.69, 9.17) is 0 Å². The Labute approximate surface area is 112 Å². The zero-order valence-corrected chi connectivity index (χ0v) is 11.3. The molecule has 0 unspecified atom stereocenters. The number of piperidine rings is 1. The van der Waals surface area contributed by atoms with Gasteiger partial charge in [0.15, 0.2) is 5.82 Å². The molecule has 0 amide bonds. The van der Waals surface area contributed by atoms with Gasteiger partial charge >= 0.3 is 0 Å². The Bertz CT molecular complexity index is 529. The van der Waals surface area contributed by atoms with E-state index in [-0.39, 0.29) is 0 Å². The highest BCUT2D eigenvalue weighted by Crippen LogP contribution is 2.15. The summed E-state index contributed by atoms with van der Waals surface area (Å²) in [5.74, 6) is 1.70. The third-order valence-electron chi connectivity index (χ3n) is 3.81. The van der Waals surface area contributed by atoms with Gasteiger partial charge in [-0.25, -0.2) is 4.98 Å². The van der Waals surface area contributed by atoms with Crippen molar-refractivity contribution in [2.45, 2.75) is 19.8 Å². The molecule has 0 atom stereocenters. The monoisotopic (exact) mass is 260 g/mol. The zero-order chi connectivity index (χ0) is 13.1. The lowest BCUT2D eigenvalue weighted by Gasteiger charge is -2.30. The van der Waals surface area contributed by atoms with Gasteiger partial charge in [-0.2, -0.15) is 0 Å². The van der Waals surface area contributed by atoms with Crippen LogP contribution in [-0.4, -0.2) is 50.7 Å². The summed E-state index contributed by atoms with van der Waals surface area (Å²) in [6.45, 7) is 6.72. The summed E-state index contributed by atoms with van der Waals surface area (Å²) in [4.78, 5) is 6.83. The minimum Gasteiger partial charge on any atom is -0.366 e. The Kier molecular flexibility index (Phi) is 3.59. The van der Waals surface area contributed by atoms with Gasteiger partial charge in [-0.15, -0.1) is 10.2 Å². The number of likely N-dealkylation sites (tertiary alicyclic amines) is 1. The molecule has 2 aromatic rings. The van der Waals surface area contributed by atoms with Crippen LogP contribution >= 0.6 is 0 Å². The third-order valence-corrected chi connectivity index (χ3v) is 3.81. The molecule has 1 saturated heterocycles. The highest BCUT2D eigenvalue weighted by molar-refractivity contribution is 5.61. The van der Waals surface area contributed by atoms with E-state index in [1.165, 1.54) is 25.9 Å². The average molecular weight is 260 g/mol. The maximum atomic E-state index is 4.32. The van der Waals surface area contributed by atoms with E-state index in [0.717, 1.165) is 30.5 Å². The zero-order valence-electron chi connectivity index (χ0n) is 11.3. The molecule has 102 valence electrons. The summed E-state index contributed by atoms with van der Waals surface area (Å²) in [6.07, 6.45) is 7.94. The summed E-state index contributed by atoms with van der Waals surface area (Å²) in [6, 6.07) is 0. The molecule has 0 saturated carbocycles. The first-order chi connectivity index (χ1) is 9.33. The lowest BCUT2D eigenvalue weighted by molar-refractivity contribution is 0.199. The SMILES string of the molecule is CC1CCN(CCNc2nccn3cnnc23)CC1. The molecule has 1 fully saturated rings. The van der Waals surface area contributed by atoms with Gasteiger partial charge in [0.25, 0.3) is 0 Å². The van der Waals surface area contributed by atoms with Crippen molar-refractivity contribution in [1.29, 1.82) is 0 Å². The maximum Gasteiger partial charge on any atom is 0.203 e.